The highest BCUT2D eigenvalue weighted by Crippen LogP contribution is 2.23. The van der Waals surface area contributed by atoms with Gasteiger partial charge in [0.15, 0.2) is 5.69 Å². The standard InChI is InChI=1S/C25H20N6O/c1-17-24(29-30-31(17)23-12-4-11-22-20(23)9-6-14-27-22)25(32)28-21-10-3-2-8-19(21)15-18-7-5-13-26-16-18/h2-14,16H,15H2,1H3,(H,28,32). The van der Waals surface area contributed by atoms with Gasteiger partial charge in [0.1, 0.15) is 0 Å². The second-order valence-corrected chi connectivity index (χ2v) is 7.43. The highest BCUT2D eigenvalue weighted by atomic mass is 16.2. The van der Waals surface area contributed by atoms with Gasteiger partial charge in [-0.25, -0.2) is 4.68 Å². The Hall–Kier alpha value is -4.39. The Morgan fingerprint density at radius 1 is 0.969 bits per heavy atom. The predicted octanol–water partition coefficient (Wildman–Crippen LogP) is 4.36. The van der Waals surface area contributed by atoms with E-state index in [4.69, 9.17) is 0 Å². The molecule has 0 saturated carbocycles. The third-order valence-electron chi connectivity index (χ3n) is 5.34. The number of nitrogens with one attached hydrogen (secondary N) is 1. The quantitative estimate of drug-likeness (QED) is 0.457. The Bertz CT molecular complexity index is 1410. The van der Waals surface area contributed by atoms with E-state index in [9.17, 15) is 4.79 Å². The molecule has 0 aliphatic rings. The van der Waals surface area contributed by atoms with Crippen LogP contribution in [0.4, 0.5) is 5.69 Å². The first-order valence-corrected chi connectivity index (χ1v) is 10.3. The number of anilines is 1. The molecule has 0 saturated heterocycles. The second kappa shape index (κ2) is 8.39. The maximum atomic E-state index is 13.1. The van der Waals surface area contributed by atoms with Crippen LogP contribution in [0.3, 0.4) is 0 Å². The number of benzene rings is 2. The topological polar surface area (TPSA) is 85.6 Å². The lowest BCUT2D eigenvalue weighted by Crippen LogP contribution is -2.15. The minimum absolute atomic E-state index is 0.280. The first-order valence-electron chi connectivity index (χ1n) is 10.3. The molecule has 0 fully saturated rings. The van der Waals surface area contributed by atoms with Crippen LogP contribution in [0.15, 0.2) is 85.3 Å². The van der Waals surface area contributed by atoms with Crippen LogP contribution in [-0.4, -0.2) is 30.9 Å². The molecule has 2 aromatic carbocycles. The van der Waals surface area contributed by atoms with Gasteiger partial charge in [-0.15, -0.1) is 5.10 Å². The number of nitrogens with zero attached hydrogens (tertiary/aromatic N) is 5. The molecule has 3 aromatic heterocycles. The summed E-state index contributed by atoms with van der Waals surface area (Å²) < 4.78 is 1.68. The second-order valence-electron chi connectivity index (χ2n) is 7.43. The molecule has 0 unspecified atom stereocenters. The van der Waals surface area contributed by atoms with E-state index < -0.39 is 0 Å². The fourth-order valence-electron chi connectivity index (χ4n) is 3.74. The summed E-state index contributed by atoms with van der Waals surface area (Å²) in [6.07, 6.45) is 5.99. The number of carbonyl (C=O) groups excluding carboxylic acids is 1. The number of para-hydroxylation sites is 1. The maximum Gasteiger partial charge on any atom is 0.278 e. The van der Waals surface area contributed by atoms with Crippen molar-refractivity contribution in [2.24, 2.45) is 0 Å². The lowest BCUT2D eigenvalue weighted by molar-refractivity contribution is 0.102. The minimum Gasteiger partial charge on any atom is -0.320 e. The summed E-state index contributed by atoms with van der Waals surface area (Å²) in [7, 11) is 0. The first-order chi connectivity index (χ1) is 15.7. The molecule has 0 radical (unpaired) electrons. The maximum absolute atomic E-state index is 13.1. The third-order valence-corrected chi connectivity index (χ3v) is 5.34. The fraction of sp³-hybridized carbons (Fsp3) is 0.0800. The lowest BCUT2D eigenvalue weighted by atomic mass is 10.0. The predicted molar refractivity (Wildman–Crippen MR) is 123 cm³/mol. The molecule has 7 nitrogen and oxygen atoms in total. The van der Waals surface area contributed by atoms with E-state index in [0.717, 1.165) is 33.4 Å². The normalized spacial score (nSPS) is 10.9. The van der Waals surface area contributed by atoms with Gasteiger partial charge < -0.3 is 5.32 Å². The van der Waals surface area contributed by atoms with Crippen LogP contribution in [-0.2, 0) is 6.42 Å². The van der Waals surface area contributed by atoms with Gasteiger partial charge in [0.05, 0.1) is 16.9 Å². The number of aromatic nitrogens is 5. The van der Waals surface area contributed by atoms with Crippen LogP contribution in [0.25, 0.3) is 16.6 Å². The molecule has 32 heavy (non-hydrogen) atoms. The fourth-order valence-corrected chi connectivity index (χ4v) is 3.74. The van der Waals surface area contributed by atoms with E-state index in [1.54, 1.807) is 17.1 Å². The highest BCUT2D eigenvalue weighted by Gasteiger charge is 2.19. The molecule has 1 amide bonds. The number of rotatable bonds is 5. The summed E-state index contributed by atoms with van der Waals surface area (Å²) in [6, 6.07) is 21.3. The van der Waals surface area contributed by atoms with Gasteiger partial charge in [0, 0.05) is 36.1 Å². The average molecular weight is 420 g/mol. The number of amides is 1. The largest absolute Gasteiger partial charge is 0.320 e. The minimum atomic E-state index is -0.300. The van der Waals surface area contributed by atoms with Crippen molar-refractivity contribution in [1.29, 1.82) is 0 Å². The average Bonchev–Trinajstić information content (AvgIpc) is 3.22. The molecule has 7 heteroatoms. The van der Waals surface area contributed by atoms with E-state index in [1.165, 1.54) is 0 Å². The van der Waals surface area contributed by atoms with Crippen molar-refractivity contribution in [3.63, 3.8) is 0 Å². The van der Waals surface area contributed by atoms with Gasteiger partial charge >= 0.3 is 0 Å². The Balaban J connectivity index is 1.44. The Labute approximate surface area is 184 Å². The summed E-state index contributed by atoms with van der Waals surface area (Å²) in [5, 5.41) is 12.4. The molecule has 0 aliphatic heterocycles. The van der Waals surface area contributed by atoms with Crippen molar-refractivity contribution < 1.29 is 4.79 Å². The van der Waals surface area contributed by atoms with Gasteiger partial charge in [-0.1, -0.05) is 35.5 Å². The molecular formula is C25H20N6O. The van der Waals surface area contributed by atoms with E-state index in [2.05, 4.69) is 25.6 Å². The van der Waals surface area contributed by atoms with Crippen molar-refractivity contribution in [3.05, 3.63) is 108 Å². The molecular weight excluding hydrogens is 400 g/mol. The molecule has 0 atom stereocenters. The summed E-state index contributed by atoms with van der Waals surface area (Å²) in [4.78, 5) is 21.7. The van der Waals surface area contributed by atoms with Crippen molar-refractivity contribution in [2.45, 2.75) is 13.3 Å². The number of carbonyl (C=O) groups is 1. The number of hydrogen-bond acceptors (Lipinski definition) is 5. The summed E-state index contributed by atoms with van der Waals surface area (Å²) in [6.45, 7) is 1.84. The van der Waals surface area contributed by atoms with Crippen molar-refractivity contribution in [3.8, 4) is 5.69 Å². The molecule has 0 spiro atoms. The van der Waals surface area contributed by atoms with Crippen LogP contribution < -0.4 is 5.32 Å². The zero-order valence-electron chi connectivity index (χ0n) is 17.4. The number of pyridine rings is 2. The molecule has 3 heterocycles. The van der Waals surface area contributed by atoms with Gasteiger partial charge in [-0.05, 0) is 54.4 Å². The Kier molecular flexibility index (Phi) is 5.13. The van der Waals surface area contributed by atoms with Crippen LogP contribution in [0.1, 0.15) is 27.3 Å². The first kappa shape index (κ1) is 19.6. The lowest BCUT2D eigenvalue weighted by Gasteiger charge is -2.11. The molecule has 0 aliphatic carbocycles. The summed E-state index contributed by atoms with van der Waals surface area (Å²) in [5.74, 6) is -0.300. The van der Waals surface area contributed by atoms with E-state index in [0.29, 0.717) is 12.1 Å². The van der Waals surface area contributed by atoms with E-state index in [1.807, 2.05) is 79.9 Å². The van der Waals surface area contributed by atoms with Crippen molar-refractivity contribution in [1.82, 2.24) is 25.0 Å². The SMILES string of the molecule is Cc1c(C(=O)Nc2ccccc2Cc2cccnc2)nnn1-c1cccc2ncccc12. The number of fused-ring (bicyclic) bond motifs is 1. The van der Waals surface area contributed by atoms with Crippen LogP contribution in [0.2, 0.25) is 0 Å². The molecule has 0 bridgehead atoms. The monoisotopic (exact) mass is 420 g/mol. The van der Waals surface area contributed by atoms with Crippen LogP contribution in [0.5, 0.6) is 0 Å². The smallest absolute Gasteiger partial charge is 0.278 e. The van der Waals surface area contributed by atoms with Gasteiger partial charge in [-0.2, -0.15) is 0 Å². The molecule has 5 aromatic rings. The number of hydrogen-bond donors (Lipinski definition) is 1. The van der Waals surface area contributed by atoms with Crippen molar-refractivity contribution in [2.75, 3.05) is 5.32 Å². The van der Waals surface area contributed by atoms with Crippen molar-refractivity contribution >= 4 is 22.5 Å². The van der Waals surface area contributed by atoms with Crippen LogP contribution >= 0.6 is 0 Å². The Morgan fingerprint density at radius 3 is 2.72 bits per heavy atom. The van der Waals surface area contributed by atoms with Gasteiger partial charge in [-0.3, -0.25) is 14.8 Å². The Morgan fingerprint density at radius 2 is 1.84 bits per heavy atom. The third kappa shape index (κ3) is 3.72. The zero-order chi connectivity index (χ0) is 21.9. The van der Waals surface area contributed by atoms with Gasteiger partial charge in [0.25, 0.3) is 5.91 Å². The zero-order valence-corrected chi connectivity index (χ0v) is 17.4. The summed E-state index contributed by atoms with van der Waals surface area (Å²) >= 11 is 0. The molecule has 5 rings (SSSR count). The van der Waals surface area contributed by atoms with Crippen LogP contribution in [0, 0.1) is 6.92 Å². The molecule has 156 valence electrons. The van der Waals surface area contributed by atoms with E-state index in [-0.39, 0.29) is 11.6 Å². The molecule has 1 N–H and O–H groups in total. The highest BCUT2D eigenvalue weighted by molar-refractivity contribution is 6.04. The van der Waals surface area contributed by atoms with E-state index >= 15 is 0 Å². The van der Waals surface area contributed by atoms with Gasteiger partial charge in [0.2, 0.25) is 0 Å². The summed E-state index contributed by atoms with van der Waals surface area (Å²) in [5.41, 5.74) is 5.43.